The Bertz CT molecular complexity index is 1500. The summed E-state index contributed by atoms with van der Waals surface area (Å²) in [7, 11) is 0. The molecule has 0 saturated carbocycles. The van der Waals surface area contributed by atoms with E-state index in [9.17, 15) is 9.90 Å². The van der Waals surface area contributed by atoms with Gasteiger partial charge in [0.05, 0.1) is 28.1 Å². The number of fused-ring (bicyclic) bond motifs is 1. The second-order valence-electron chi connectivity index (χ2n) is 8.26. The molecule has 166 valence electrons. The summed E-state index contributed by atoms with van der Waals surface area (Å²) >= 11 is 0. The summed E-state index contributed by atoms with van der Waals surface area (Å²) in [6, 6.07) is 14.6. The molecule has 0 unspecified atom stereocenters. The molecule has 0 saturated heterocycles. The predicted octanol–water partition coefficient (Wildman–Crippen LogP) is 3.82. The van der Waals surface area contributed by atoms with Gasteiger partial charge < -0.3 is 19.6 Å². The molecular weight excluding hydrogens is 418 g/mol. The van der Waals surface area contributed by atoms with Crippen LogP contribution in [0, 0.1) is 27.7 Å². The first kappa shape index (κ1) is 20.8. The van der Waals surface area contributed by atoms with Gasteiger partial charge in [0, 0.05) is 22.5 Å². The number of benzene rings is 1. The number of aromatic amines is 2. The third-order valence-corrected chi connectivity index (χ3v) is 5.85. The number of aryl methyl sites for hydroxylation is 4. The molecule has 0 aliphatic rings. The average molecular weight is 441 g/mol. The Morgan fingerprint density at radius 2 is 1.55 bits per heavy atom. The Labute approximate surface area is 189 Å². The molecule has 0 spiro atoms. The second-order valence-corrected chi connectivity index (χ2v) is 8.26. The van der Waals surface area contributed by atoms with Crippen LogP contribution in [0.5, 0.6) is 0 Å². The Balaban J connectivity index is 1.91. The first-order chi connectivity index (χ1) is 15.8. The third kappa shape index (κ3) is 3.35. The highest BCUT2D eigenvalue weighted by atomic mass is 16.5. The molecule has 5 aromatic rings. The van der Waals surface area contributed by atoms with Gasteiger partial charge in [-0.25, -0.2) is 4.79 Å². The summed E-state index contributed by atoms with van der Waals surface area (Å²) in [4.78, 5) is 27.3. The zero-order valence-corrected chi connectivity index (χ0v) is 18.7. The minimum atomic E-state index is -1.74. The van der Waals surface area contributed by atoms with Gasteiger partial charge in [0.15, 0.2) is 5.60 Å². The molecule has 0 bridgehead atoms. The first-order valence-corrected chi connectivity index (χ1v) is 10.6. The lowest BCUT2D eigenvalue weighted by Crippen LogP contribution is -2.32. The maximum atomic E-state index is 12.4. The molecular formula is C25H23N5O3. The Hall–Kier alpha value is -4.04. The van der Waals surface area contributed by atoms with Crippen LogP contribution in [0.2, 0.25) is 0 Å². The highest BCUT2D eigenvalue weighted by Crippen LogP contribution is 2.40. The number of rotatable bonds is 4. The number of pyridine rings is 2. The molecule has 4 heterocycles. The number of hydrogen-bond acceptors (Lipinski definition) is 6. The number of nitrogens with one attached hydrogen (secondary N) is 2. The van der Waals surface area contributed by atoms with Crippen molar-refractivity contribution in [3.8, 4) is 11.1 Å². The van der Waals surface area contributed by atoms with Crippen LogP contribution in [0.1, 0.15) is 39.8 Å². The summed E-state index contributed by atoms with van der Waals surface area (Å²) in [6.45, 7) is 7.41. The minimum absolute atomic E-state index is 0.376. The van der Waals surface area contributed by atoms with Crippen LogP contribution < -0.4 is 5.69 Å². The molecule has 8 nitrogen and oxygen atoms in total. The Morgan fingerprint density at radius 3 is 2.09 bits per heavy atom. The van der Waals surface area contributed by atoms with Crippen LogP contribution in [0.4, 0.5) is 0 Å². The SMILES string of the molecule is Cc1cccc(C(O)(c2cccc(C)n2)c2cc(-c3c(C)noc3C)cc3[nH]c(=O)[nH]c23)n1. The van der Waals surface area contributed by atoms with Crippen LogP contribution in [0.25, 0.3) is 22.2 Å². The highest BCUT2D eigenvalue weighted by molar-refractivity contribution is 5.87. The van der Waals surface area contributed by atoms with E-state index in [1.54, 1.807) is 12.1 Å². The lowest BCUT2D eigenvalue weighted by molar-refractivity contribution is 0.117. The van der Waals surface area contributed by atoms with Gasteiger partial charge in [-0.3, -0.25) is 9.97 Å². The van der Waals surface area contributed by atoms with E-state index in [0.29, 0.717) is 39.4 Å². The normalized spacial score (nSPS) is 11.9. The standard InChI is InChI=1S/C25H23N5O3/c1-13-7-5-9-20(26-13)25(32,21-10-6-8-14(2)27-21)18-11-17(22-15(3)30-33-16(22)4)12-19-23(18)29-24(31)28-19/h5-12,32H,1-4H3,(H2,28,29,31). The fraction of sp³-hybridized carbons (Fsp3) is 0.200. The van der Waals surface area contributed by atoms with E-state index in [1.165, 1.54) is 0 Å². The number of imidazole rings is 1. The molecule has 1 aromatic carbocycles. The molecule has 0 amide bonds. The lowest BCUT2D eigenvalue weighted by atomic mass is 9.83. The summed E-state index contributed by atoms with van der Waals surface area (Å²) in [5.41, 5.74) is 3.93. The van der Waals surface area contributed by atoms with Crippen molar-refractivity contribution in [1.29, 1.82) is 0 Å². The lowest BCUT2D eigenvalue weighted by Gasteiger charge is -2.29. The zero-order valence-electron chi connectivity index (χ0n) is 18.7. The van der Waals surface area contributed by atoms with Gasteiger partial charge in [0.2, 0.25) is 0 Å². The molecule has 0 fully saturated rings. The van der Waals surface area contributed by atoms with Crippen LogP contribution in [0.3, 0.4) is 0 Å². The van der Waals surface area contributed by atoms with Gasteiger partial charge in [-0.2, -0.15) is 0 Å². The highest BCUT2D eigenvalue weighted by Gasteiger charge is 2.39. The summed E-state index contributed by atoms with van der Waals surface area (Å²) < 4.78 is 5.38. The second kappa shape index (κ2) is 7.53. The van der Waals surface area contributed by atoms with E-state index in [1.807, 2.05) is 64.1 Å². The summed E-state index contributed by atoms with van der Waals surface area (Å²) in [6.07, 6.45) is 0. The molecule has 8 heteroatoms. The van der Waals surface area contributed by atoms with Crippen molar-refractivity contribution in [2.75, 3.05) is 0 Å². The van der Waals surface area contributed by atoms with E-state index < -0.39 is 5.60 Å². The van der Waals surface area contributed by atoms with Gasteiger partial charge in [0.1, 0.15) is 5.76 Å². The van der Waals surface area contributed by atoms with Crippen molar-refractivity contribution in [3.05, 3.63) is 98.8 Å². The van der Waals surface area contributed by atoms with Crippen molar-refractivity contribution in [2.24, 2.45) is 0 Å². The maximum Gasteiger partial charge on any atom is 0.323 e. The predicted molar refractivity (Wildman–Crippen MR) is 124 cm³/mol. The van der Waals surface area contributed by atoms with E-state index >= 15 is 0 Å². The number of aliphatic hydroxyl groups is 1. The van der Waals surface area contributed by atoms with Gasteiger partial charge in [-0.05, 0) is 69.7 Å². The Kier molecular flexibility index (Phi) is 4.75. The van der Waals surface area contributed by atoms with Crippen molar-refractivity contribution in [3.63, 3.8) is 0 Å². The van der Waals surface area contributed by atoms with Crippen LogP contribution in [-0.4, -0.2) is 30.2 Å². The van der Waals surface area contributed by atoms with Crippen LogP contribution in [-0.2, 0) is 5.60 Å². The van der Waals surface area contributed by atoms with Gasteiger partial charge in [-0.15, -0.1) is 0 Å². The van der Waals surface area contributed by atoms with Crippen molar-refractivity contribution < 1.29 is 9.63 Å². The molecule has 4 aromatic heterocycles. The molecule has 0 aliphatic carbocycles. The maximum absolute atomic E-state index is 12.4. The molecule has 33 heavy (non-hydrogen) atoms. The Morgan fingerprint density at radius 1 is 0.909 bits per heavy atom. The zero-order chi connectivity index (χ0) is 23.3. The van der Waals surface area contributed by atoms with Gasteiger partial charge >= 0.3 is 5.69 Å². The molecule has 0 aliphatic heterocycles. The monoisotopic (exact) mass is 441 g/mol. The average Bonchev–Trinajstić information content (AvgIpc) is 3.32. The van der Waals surface area contributed by atoms with Crippen LogP contribution >= 0.6 is 0 Å². The first-order valence-electron chi connectivity index (χ1n) is 10.6. The smallest absolute Gasteiger partial charge is 0.323 e. The quantitative estimate of drug-likeness (QED) is 0.390. The van der Waals surface area contributed by atoms with Crippen LogP contribution in [0.15, 0.2) is 57.8 Å². The largest absolute Gasteiger partial charge is 0.373 e. The summed E-state index contributed by atoms with van der Waals surface area (Å²) in [5.74, 6) is 0.640. The van der Waals surface area contributed by atoms with Gasteiger partial charge in [-0.1, -0.05) is 17.3 Å². The number of hydrogen-bond donors (Lipinski definition) is 3. The molecule has 0 atom stereocenters. The summed E-state index contributed by atoms with van der Waals surface area (Å²) in [5, 5.41) is 16.5. The van der Waals surface area contributed by atoms with Crippen molar-refractivity contribution in [2.45, 2.75) is 33.3 Å². The van der Waals surface area contributed by atoms with Crippen molar-refractivity contribution in [1.82, 2.24) is 25.1 Å². The molecule has 3 N–H and O–H groups in total. The topological polar surface area (TPSA) is 121 Å². The van der Waals surface area contributed by atoms with E-state index in [0.717, 1.165) is 22.5 Å². The fourth-order valence-corrected chi connectivity index (χ4v) is 4.36. The third-order valence-electron chi connectivity index (χ3n) is 5.85. The number of aromatic nitrogens is 5. The van der Waals surface area contributed by atoms with Gasteiger partial charge in [0.25, 0.3) is 0 Å². The minimum Gasteiger partial charge on any atom is -0.373 e. The molecule has 0 radical (unpaired) electrons. The van der Waals surface area contributed by atoms with E-state index in [-0.39, 0.29) is 5.69 Å². The van der Waals surface area contributed by atoms with E-state index in [4.69, 9.17) is 4.52 Å². The number of nitrogens with zero attached hydrogens (tertiary/aromatic N) is 3. The fourth-order valence-electron chi connectivity index (χ4n) is 4.36. The van der Waals surface area contributed by atoms with E-state index in [2.05, 4.69) is 25.1 Å². The van der Waals surface area contributed by atoms with Crippen molar-refractivity contribution >= 4 is 11.0 Å². The molecule has 5 rings (SSSR count). The number of H-pyrrole nitrogens is 2.